The molecule has 116 valence electrons. The fraction of sp³-hybridized carbons (Fsp3) is 0.562. The van der Waals surface area contributed by atoms with Crippen LogP contribution in [-0.4, -0.2) is 17.4 Å². The van der Waals surface area contributed by atoms with Gasteiger partial charge in [0.2, 0.25) is 5.91 Å². The minimum atomic E-state index is -4.35. The second-order valence-corrected chi connectivity index (χ2v) is 6.74. The third-order valence-electron chi connectivity index (χ3n) is 4.07. The van der Waals surface area contributed by atoms with E-state index in [1.54, 1.807) is 11.0 Å². The van der Waals surface area contributed by atoms with Crippen LogP contribution in [0.4, 0.5) is 13.2 Å². The molecule has 0 spiro atoms. The molecular formula is C16H20F3NO. The smallest absolute Gasteiger partial charge is 0.338 e. The van der Waals surface area contributed by atoms with E-state index in [0.29, 0.717) is 18.5 Å². The number of amides is 1. The van der Waals surface area contributed by atoms with E-state index in [-0.39, 0.29) is 23.8 Å². The number of carbonyl (C=O) groups excluding carboxylic acids is 1. The molecule has 2 nitrogen and oxygen atoms in total. The van der Waals surface area contributed by atoms with Crippen LogP contribution >= 0.6 is 0 Å². The van der Waals surface area contributed by atoms with Crippen LogP contribution in [0, 0.1) is 11.3 Å². The molecule has 2 rings (SSSR count). The van der Waals surface area contributed by atoms with E-state index in [0.717, 1.165) is 12.1 Å². The first-order valence-corrected chi connectivity index (χ1v) is 7.01. The molecule has 1 aromatic carbocycles. The van der Waals surface area contributed by atoms with Crippen molar-refractivity contribution in [1.29, 1.82) is 0 Å². The lowest BCUT2D eigenvalue weighted by Crippen LogP contribution is -2.27. The Labute approximate surface area is 122 Å². The Morgan fingerprint density at radius 1 is 1.24 bits per heavy atom. The van der Waals surface area contributed by atoms with E-state index in [1.165, 1.54) is 6.07 Å². The highest BCUT2D eigenvalue weighted by Crippen LogP contribution is 2.35. The molecule has 1 heterocycles. The Balaban J connectivity index is 2.11. The summed E-state index contributed by atoms with van der Waals surface area (Å²) >= 11 is 0. The molecule has 0 aromatic heterocycles. The van der Waals surface area contributed by atoms with Gasteiger partial charge in [-0.2, -0.15) is 13.2 Å². The van der Waals surface area contributed by atoms with Crippen LogP contribution in [0.3, 0.4) is 0 Å². The van der Waals surface area contributed by atoms with E-state index in [2.05, 4.69) is 20.8 Å². The van der Waals surface area contributed by atoms with E-state index >= 15 is 0 Å². The second kappa shape index (κ2) is 5.35. The quantitative estimate of drug-likeness (QED) is 0.805. The molecule has 1 atom stereocenters. The molecule has 1 aromatic rings. The lowest BCUT2D eigenvalue weighted by Gasteiger charge is -2.26. The van der Waals surface area contributed by atoms with Crippen LogP contribution in [0.5, 0.6) is 0 Å². The van der Waals surface area contributed by atoms with Crippen molar-refractivity contribution in [3.05, 3.63) is 35.4 Å². The summed E-state index contributed by atoms with van der Waals surface area (Å²) in [5.41, 5.74) is -0.121. The summed E-state index contributed by atoms with van der Waals surface area (Å²) in [6.07, 6.45) is -3.87. The van der Waals surface area contributed by atoms with Crippen LogP contribution in [0.1, 0.15) is 38.3 Å². The van der Waals surface area contributed by atoms with Crippen molar-refractivity contribution in [3.8, 4) is 0 Å². The molecule has 0 bridgehead atoms. The Hall–Kier alpha value is -1.52. The monoisotopic (exact) mass is 299 g/mol. The first-order valence-electron chi connectivity index (χ1n) is 7.01. The lowest BCUT2D eigenvalue weighted by molar-refractivity contribution is -0.137. The molecule has 21 heavy (non-hydrogen) atoms. The number of halogens is 3. The second-order valence-electron chi connectivity index (χ2n) is 6.74. The Bertz CT molecular complexity index is 531. The summed E-state index contributed by atoms with van der Waals surface area (Å²) in [7, 11) is 0. The lowest BCUT2D eigenvalue weighted by atomic mass is 9.80. The van der Waals surface area contributed by atoms with Crippen molar-refractivity contribution in [2.75, 3.05) is 6.54 Å². The summed E-state index contributed by atoms with van der Waals surface area (Å²) in [6.45, 7) is 7.10. The maximum Gasteiger partial charge on any atom is 0.416 e. The fourth-order valence-electron chi connectivity index (χ4n) is 2.57. The number of benzene rings is 1. The summed E-state index contributed by atoms with van der Waals surface area (Å²) < 4.78 is 38.1. The average Bonchev–Trinajstić information content (AvgIpc) is 2.70. The molecule has 5 heteroatoms. The van der Waals surface area contributed by atoms with Crippen molar-refractivity contribution >= 4 is 5.91 Å². The summed E-state index contributed by atoms with van der Waals surface area (Å²) in [5.74, 6) is 0.267. The number of likely N-dealkylation sites (tertiary alicyclic amines) is 1. The standard InChI is InChI=1S/C16H20F3NO/c1-15(2,3)13-8-14(21)20(10-13)9-11-5-4-6-12(7-11)16(17,18)19/h4-7,13H,8-10H2,1-3H3. The van der Waals surface area contributed by atoms with Crippen molar-refractivity contribution in [2.45, 2.75) is 39.9 Å². The number of alkyl halides is 3. The highest BCUT2D eigenvalue weighted by molar-refractivity contribution is 5.78. The molecule has 0 radical (unpaired) electrons. The highest BCUT2D eigenvalue weighted by Gasteiger charge is 2.37. The highest BCUT2D eigenvalue weighted by atomic mass is 19.4. The molecule has 1 aliphatic heterocycles. The van der Waals surface area contributed by atoms with Crippen molar-refractivity contribution in [2.24, 2.45) is 11.3 Å². The fourth-order valence-corrected chi connectivity index (χ4v) is 2.57. The number of carbonyl (C=O) groups is 1. The maximum atomic E-state index is 12.7. The van der Waals surface area contributed by atoms with Crippen LogP contribution < -0.4 is 0 Å². The first-order chi connectivity index (χ1) is 9.57. The maximum absolute atomic E-state index is 12.7. The van der Waals surface area contributed by atoms with Gasteiger partial charge in [-0.25, -0.2) is 0 Å². The van der Waals surface area contributed by atoms with Crippen LogP contribution in [-0.2, 0) is 17.5 Å². The normalized spacial score (nSPS) is 20.2. The van der Waals surface area contributed by atoms with E-state index in [1.807, 2.05) is 0 Å². The van der Waals surface area contributed by atoms with Crippen molar-refractivity contribution in [3.63, 3.8) is 0 Å². The average molecular weight is 299 g/mol. The summed E-state index contributed by atoms with van der Waals surface area (Å²) in [6, 6.07) is 5.19. The minimum Gasteiger partial charge on any atom is -0.338 e. The molecule has 1 amide bonds. The zero-order chi connectivity index (χ0) is 15.8. The zero-order valence-corrected chi connectivity index (χ0v) is 12.5. The van der Waals surface area contributed by atoms with Crippen molar-refractivity contribution < 1.29 is 18.0 Å². The molecule has 0 aliphatic carbocycles. The van der Waals surface area contributed by atoms with Gasteiger partial charge in [-0.3, -0.25) is 4.79 Å². The van der Waals surface area contributed by atoms with Gasteiger partial charge in [0.25, 0.3) is 0 Å². The number of hydrogen-bond donors (Lipinski definition) is 0. The van der Waals surface area contributed by atoms with Gasteiger partial charge in [-0.1, -0.05) is 32.9 Å². The Kier molecular flexibility index (Phi) is 4.04. The minimum absolute atomic E-state index is 0.0207. The van der Waals surface area contributed by atoms with Crippen LogP contribution in [0.25, 0.3) is 0 Å². The molecule has 1 saturated heterocycles. The summed E-state index contributed by atoms with van der Waals surface area (Å²) in [5, 5.41) is 0. The van der Waals surface area contributed by atoms with Gasteiger partial charge >= 0.3 is 6.18 Å². The Morgan fingerprint density at radius 3 is 2.43 bits per heavy atom. The molecule has 1 fully saturated rings. The van der Waals surface area contributed by atoms with E-state index in [9.17, 15) is 18.0 Å². The van der Waals surface area contributed by atoms with E-state index in [4.69, 9.17) is 0 Å². The van der Waals surface area contributed by atoms with Crippen LogP contribution in [0.15, 0.2) is 24.3 Å². The molecule has 0 saturated carbocycles. The topological polar surface area (TPSA) is 20.3 Å². The molecule has 1 unspecified atom stereocenters. The van der Waals surface area contributed by atoms with Gasteiger partial charge in [0.1, 0.15) is 0 Å². The van der Waals surface area contributed by atoms with Crippen molar-refractivity contribution in [1.82, 2.24) is 4.90 Å². The SMILES string of the molecule is CC(C)(C)C1CC(=O)N(Cc2cccc(C(F)(F)F)c2)C1. The molecule has 0 N–H and O–H groups in total. The molecular weight excluding hydrogens is 279 g/mol. The van der Waals surface area contributed by atoms with E-state index < -0.39 is 11.7 Å². The third-order valence-corrected chi connectivity index (χ3v) is 4.07. The van der Waals surface area contributed by atoms with Gasteiger partial charge in [-0.05, 0) is 29.0 Å². The predicted octanol–water partition coefficient (Wildman–Crippen LogP) is 4.10. The van der Waals surface area contributed by atoms with Gasteiger partial charge in [0, 0.05) is 19.5 Å². The largest absolute Gasteiger partial charge is 0.416 e. The molecule has 1 aliphatic rings. The Morgan fingerprint density at radius 2 is 1.90 bits per heavy atom. The summed E-state index contributed by atoms with van der Waals surface area (Å²) in [4.78, 5) is 13.7. The van der Waals surface area contributed by atoms with Crippen LogP contribution in [0.2, 0.25) is 0 Å². The first kappa shape index (κ1) is 15.9. The van der Waals surface area contributed by atoms with Gasteiger partial charge < -0.3 is 4.90 Å². The van der Waals surface area contributed by atoms with Gasteiger partial charge in [0.15, 0.2) is 0 Å². The predicted molar refractivity (Wildman–Crippen MR) is 74.4 cm³/mol. The van der Waals surface area contributed by atoms with Gasteiger partial charge in [-0.15, -0.1) is 0 Å². The number of rotatable bonds is 2. The number of hydrogen-bond acceptors (Lipinski definition) is 1. The van der Waals surface area contributed by atoms with Gasteiger partial charge in [0.05, 0.1) is 5.56 Å². The number of nitrogens with zero attached hydrogens (tertiary/aromatic N) is 1. The third kappa shape index (κ3) is 3.77. The zero-order valence-electron chi connectivity index (χ0n) is 12.5.